The highest BCUT2D eigenvalue weighted by molar-refractivity contribution is 5.57. The van der Waals surface area contributed by atoms with Gasteiger partial charge in [-0.15, -0.1) is 5.10 Å². The largest absolute Gasteiger partial charge is 0.312 e. The first-order chi connectivity index (χ1) is 6.79. The molecule has 1 aromatic heterocycles. The zero-order chi connectivity index (χ0) is 9.97. The summed E-state index contributed by atoms with van der Waals surface area (Å²) in [6.07, 6.45) is 1.85. The summed E-state index contributed by atoms with van der Waals surface area (Å²) < 4.78 is 0. The highest BCUT2D eigenvalue weighted by Gasteiger charge is 2.01. The number of aromatic nitrogens is 3. The molecule has 72 valence electrons. The SMILES string of the molecule is CNn1cc(-c2ccc(C)cc2)nn1. The molecule has 1 heterocycles. The molecule has 0 atom stereocenters. The molecule has 14 heavy (non-hydrogen) atoms. The molecule has 0 unspecified atom stereocenters. The monoisotopic (exact) mass is 188 g/mol. The van der Waals surface area contributed by atoms with Crippen LogP contribution in [0.5, 0.6) is 0 Å². The van der Waals surface area contributed by atoms with Crippen molar-refractivity contribution < 1.29 is 0 Å². The fraction of sp³-hybridized carbons (Fsp3) is 0.200. The minimum Gasteiger partial charge on any atom is -0.312 e. The summed E-state index contributed by atoms with van der Waals surface area (Å²) in [5.41, 5.74) is 6.07. The second kappa shape index (κ2) is 3.49. The number of nitrogens with one attached hydrogen (secondary N) is 1. The maximum atomic E-state index is 4.04. The first-order valence-electron chi connectivity index (χ1n) is 4.47. The molecule has 0 saturated carbocycles. The molecule has 0 radical (unpaired) electrons. The van der Waals surface area contributed by atoms with Gasteiger partial charge < -0.3 is 5.43 Å². The standard InChI is InChI=1S/C10H12N4/c1-8-3-5-9(6-4-8)10-7-14(11-2)13-12-10/h3-7,11H,1-2H3. The lowest BCUT2D eigenvalue weighted by Gasteiger charge is -1.96. The molecule has 0 aliphatic rings. The van der Waals surface area contributed by atoms with Crippen molar-refractivity contribution in [3.8, 4) is 11.3 Å². The molecule has 4 nitrogen and oxygen atoms in total. The second-order valence-corrected chi connectivity index (χ2v) is 3.14. The molecule has 1 N–H and O–H groups in total. The third-order valence-electron chi connectivity index (χ3n) is 2.07. The van der Waals surface area contributed by atoms with Crippen LogP contribution < -0.4 is 5.43 Å². The predicted octanol–water partition coefficient (Wildman–Crippen LogP) is 1.43. The van der Waals surface area contributed by atoms with Crippen LogP contribution >= 0.6 is 0 Å². The molecular formula is C10H12N4. The van der Waals surface area contributed by atoms with E-state index >= 15 is 0 Å². The highest BCUT2D eigenvalue weighted by Crippen LogP contribution is 2.15. The lowest BCUT2D eigenvalue weighted by atomic mass is 10.1. The van der Waals surface area contributed by atoms with E-state index in [1.54, 1.807) is 11.8 Å². The summed E-state index contributed by atoms with van der Waals surface area (Å²) in [5.74, 6) is 0. The molecule has 2 aromatic rings. The molecule has 0 spiro atoms. The van der Waals surface area contributed by atoms with E-state index in [4.69, 9.17) is 0 Å². The Balaban J connectivity index is 2.34. The molecule has 0 amide bonds. The summed E-state index contributed by atoms with van der Waals surface area (Å²) >= 11 is 0. The Morgan fingerprint density at radius 2 is 1.93 bits per heavy atom. The van der Waals surface area contributed by atoms with Gasteiger partial charge in [0.2, 0.25) is 0 Å². The molecular weight excluding hydrogens is 176 g/mol. The Kier molecular flexibility index (Phi) is 2.18. The maximum Gasteiger partial charge on any atom is 0.115 e. The Bertz CT molecular complexity index is 416. The van der Waals surface area contributed by atoms with Crippen LogP contribution in [0.15, 0.2) is 30.5 Å². The number of benzene rings is 1. The third-order valence-corrected chi connectivity index (χ3v) is 2.07. The van der Waals surface area contributed by atoms with Gasteiger partial charge in [-0.3, -0.25) is 0 Å². The maximum absolute atomic E-state index is 4.04. The van der Waals surface area contributed by atoms with Crippen LogP contribution in [0, 0.1) is 6.92 Å². The van der Waals surface area contributed by atoms with Crippen molar-refractivity contribution in [1.29, 1.82) is 0 Å². The average Bonchev–Trinajstić information content (AvgIpc) is 2.67. The summed E-state index contributed by atoms with van der Waals surface area (Å²) in [4.78, 5) is 1.58. The van der Waals surface area contributed by atoms with Crippen molar-refractivity contribution in [3.05, 3.63) is 36.0 Å². The van der Waals surface area contributed by atoms with Crippen LogP contribution in [0.3, 0.4) is 0 Å². The minimum atomic E-state index is 0.874. The van der Waals surface area contributed by atoms with Crippen LogP contribution in [0.25, 0.3) is 11.3 Å². The van der Waals surface area contributed by atoms with Crippen LogP contribution in [0.4, 0.5) is 0 Å². The van der Waals surface area contributed by atoms with Crippen molar-refractivity contribution in [1.82, 2.24) is 15.1 Å². The number of aryl methyl sites for hydroxylation is 1. The predicted molar refractivity (Wildman–Crippen MR) is 55.5 cm³/mol. The van der Waals surface area contributed by atoms with Gasteiger partial charge in [0, 0.05) is 12.6 Å². The van der Waals surface area contributed by atoms with Gasteiger partial charge in [0.25, 0.3) is 0 Å². The fourth-order valence-corrected chi connectivity index (χ4v) is 1.23. The highest BCUT2D eigenvalue weighted by atomic mass is 15.6. The zero-order valence-corrected chi connectivity index (χ0v) is 8.23. The van der Waals surface area contributed by atoms with E-state index in [1.807, 2.05) is 18.3 Å². The van der Waals surface area contributed by atoms with Gasteiger partial charge in [-0.25, -0.2) is 0 Å². The first-order valence-corrected chi connectivity index (χ1v) is 4.47. The normalized spacial score (nSPS) is 10.1. The van der Waals surface area contributed by atoms with E-state index in [9.17, 15) is 0 Å². The Morgan fingerprint density at radius 3 is 2.50 bits per heavy atom. The summed E-state index contributed by atoms with van der Waals surface area (Å²) in [7, 11) is 1.80. The Labute approximate surface area is 82.5 Å². The number of rotatable bonds is 2. The van der Waals surface area contributed by atoms with Crippen molar-refractivity contribution >= 4 is 0 Å². The van der Waals surface area contributed by atoms with E-state index < -0.39 is 0 Å². The third kappa shape index (κ3) is 1.59. The summed E-state index contributed by atoms with van der Waals surface area (Å²) in [6.45, 7) is 2.06. The summed E-state index contributed by atoms with van der Waals surface area (Å²) in [6, 6.07) is 8.21. The van der Waals surface area contributed by atoms with Gasteiger partial charge in [0.15, 0.2) is 0 Å². The van der Waals surface area contributed by atoms with Crippen molar-refractivity contribution in [2.75, 3.05) is 12.5 Å². The van der Waals surface area contributed by atoms with E-state index in [1.165, 1.54) is 5.56 Å². The van der Waals surface area contributed by atoms with Gasteiger partial charge in [-0.05, 0) is 12.1 Å². The van der Waals surface area contributed by atoms with Gasteiger partial charge in [0.1, 0.15) is 5.69 Å². The van der Waals surface area contributed by atoms with Crippen molar-refractivity contribution in [2.24, 2.45) is 0 Å². The van der Waals surface area contributed by atoms with Crippen LogP contribution in [-0.2, 0) is 0 Å². The van der Waals surface area contributed by atoms with Gasteiger partial charge >= 0.3 is 0 Å². The van der Waals surface area contributed by atoms with Gasteiger partial charge in [-0.1, -0.05) is 29.8 Å². The molecule has 1 aromatic carbocycles. The van der Waals surface area contributed by atoms with Crippen LogP contribution in [0.2, 0.25) is 0 Å². The molecule has 0 aliphatic carbocycles. The molecule has 2 rings (SSSR count). The topological polar surface area (TPSA) is 42.7 Å². The zero-order valence-electron chi connectivity index (χ0n) is 8.23. The van der Waals surface area contributed by atoms with Crippen LogP contribution in [0.1, 0.15) is 5.56 Å². The van der Waals surface area contributed by atoms with E-state index in [0.717, 1.165) is 11.3 Å². The second-order valence-electron chi connectivity index (χ2n) is 3.14. The lowest BCUT2D eigenvalue weighted by molar-refractivity contribution is 0.728. The molecule has 0 aliphatic heterocycles. The van der Waals surface area contributed by atoms with Gasteiger partial charge in [0.05, 0.1) is 6.20 Å². The first kappa shape index (κ1) is 8.74. The fourth-order valence-electron chi connectivity index (χ4n) is 1.23. The van der Waals surface area contributed by atoms with Crippen molar-refractivity contribution in [3.63, 3.8) is 0 Å². The minimum absolute atomic E-state index is 0.874. The van der Waals surface area contributed by atoms with Gasteiger partial charge in [-0.2, -0.15) is 4.79 Å². The van der Waals surface area contributed by atoms with E-state index in [0.29, 0.717) is 0 Å². The molecule has 0 bridgehead atoms. The van der Waals surface area contributed by atoms with Crippen LogP contribution in [-0.4, -0.2) is 22.2 Å². The van der Waals surface area contributed by atoms with Crippen molar-refractivity contribution in [2.45, 2.75) is 6.92 Å². The number of hydrogen-bond donors (Lipinski definition) is 1. The summed E-state index contributed by atoms with van der Waals surface area (Å²) in [5, 5.41) is 7.93. The van der Waals surface area contributed by atoms with E-state index in [2.05, 4.69) is 34.8 Å². The average molecular weight is 188 g/mol. The lowest BCUT2D eigenvalue weighted by Crippen LogP contribution is -2.08. The molecule has 0 saturated heterocycles. The molecule has 0 fully saturated rings. The quantitative estimate of drug-likeness (QED) is 0.775. The number of hydrogen-bond acceptors (Lipinski definition) is 3. The Morgan fingerprint density at radius 1 is 1.21 bits per heavy atom. The smallest absolute Gasteiger partial charge is 0.115 e. The number of nitrogens with zero attached hydrogens (tertiary/aromatic N) is 3. The molecule has 4 heteroatoms. The Hall–Kier alpha value is -1.84. The van der Waals surface area contributed by atoms with E-state index in [-0.39, 0.29) is 0 Å².